The number of benzene rings is 1. The zero-order valence-electron chi connectivity index (χ0n) is 13.8. The monoisotopic (exact) mass is 343 g/mol. The molecule has 1 aromatic rings. The van der Waals surface area contributed by atoms with Gasteiger partial charge in [-0.25, -0.2) is 0 Å². The third-order valence-corrected chi connectivity index (χ3v) is 4.12. The quantitative estimate of drug-likeness (QED) is 0.864. The number of piperidine rings is 1. The van der Waals surface area contributed by atoms with Gasteiger partial charge in [0.05, 0.1) is 5.56 Å². The van der Waals surface area contributed by atoms with Gasteiger partial charge in [0.1, 0.15) is 0 Å². The van der Waals surface area contributed by atoms with Gasteiger partial charge in [-0.2, -0.15) is 13.2 Å². The predicted molar refractivity (Wildman–Crippen MR) is 86.2 cm³/mol. The molecule has 0 spiro atoms. The lowest BCUT2D eigenvalue weighted by molar-refractivity contribution is -0.137. The molecule has 24 heavy (non-hydrogen) atoms. The van der Waals surface area contributed by atoms with Crippen molar-refractivity contribution in [2.75, 3.05) is 13.1 Å². The number of amides is 1. The topological polar surface area (TPSA) is 58.4 Å². The van der Waals surface area contributed by atoms with Crippen molar-refractivity contribution in [3.8, 4) is 0 Å². The van der Waals surface area contributed by atoms with E-state index in [0.717, 1.165) is 32.0 Å². The van der Waals surface area contributed by atoms with Gasteiger partial charge in [-0.1, -0.05) is 18.2 Å². The summed E-state index contributed by atoms with van der Waals surface area (Å²) in [6.45, 7) is 3.78. The number of nitrogens with two attached hydrogens (primary N) is 1. The van der Waals surface area contributed by atoms with E-state index in [1.54, 1.807) is 13.0 Å². The maximum Gasteiger partial charge on any atom is 0.416 e. The maximum absolute atomic E-state index is 12.7. The highest BCUT2D eigenvalue weighted by Crippen LogP contribution is 2.30. The lowest BCUT2D eigenvalue weighted by atomic mass is 10.0. The number of likely N-dealkylation sites (tertiary alicyclic amines) is 1. The van der Waals surface area contributed by atoms with Crippen LogP contribution in [0, 0.1) is 0 Å². The lowest BCUT2D eigenvalue weighted by Crippen LogP contribution is -2.45. The smallest absolute Gasteiger partial charge is 0.353 e. The summed E-state index contributed by atoms with van der Waals surface area (Å²) in [5.74, 6) is -0.0404. The summed E-state index contributed by atoms with van der Waals surface area (Å²) in [5, 5.41) is 2.97. The summed E-state index contributed by atoms with van der Waals surface area (Å²) in [6, 6.07) is 5.41. The Morgan fingerprint density at radius 2 is 2.04 bits per heavy atom. The summed E-state index contributed by atoms with van der Waals surface area (Å²) in [6.07, 6.45) is -2.41. The third-order valence-electron chi connectivity index (χ3n) is 4.12. The molecule has 3 N–H and O–H groups in total. The third kappa shape index (κ3) is 5.79. The van der Waals surface area contributed by atoms with Gasteiger partial charge < -0.3 is 11.1 Å². The van der Waals surface area contributed by atoms with Crippen LogP contribution in [0.1, 0.15) is 37.3 Å². The number of nitrogens with zero attached hydrogens (tertiary/aromatic N) is 1. The Morgan fingerprint density at radius 3 is 2.62 bits per heavy atom. The Kier molecular flexibility index (Phi) is 6.23. The molecule has 1 aromatic carbocycles. The fourth-order valence-electron chi connectivity index (χ4n) is 2.92. The van der Waals surface area contributed by atoms with Crippen molar-refractivity contribution in [1.29, 1.82) is 0 Å². The fourth-order valence-corrected chi connectivity index (χ4v) is 2.92. The molecule has 1 saturated heterocycles. The average molecular weight is 343 g/mol. The SMILES string of the molecule is CC(N)CC(=O)NC1CCN(Cc2cccc(C(F)(F)F)c2)CC1. The maximum atomic E-state index is 12.7. The van der Waals surface area contributed by atoms with Crippen LogP contribution in [0.2, 0.25) is 0 Å². The summed E-state index contributed by atoms with van der Waals surface area (Å²) < 4.78 is 38.2. The van der Waals surface area contributed by atoms with E-state index in [9.17, 15) is 18.0 Å². The first kappa shape index (κ1) is 18.7. The van der Waals surface area contributed by atoms with Crippen molar-refractivity contribution in [3.05, 3.63) is 35.4 Å². The molecule has 4 nitrogen and oxygen atoms in total. The number of carbonyl (C=O) groups is 1. The molecular formula is C17H24F3N3O. The van der Waals surface area contributed by atoms with E-state index >= 15 is 0 Å². The van der Waals surface area contributed by atoms with E-state index in [2.05, 4.69) is 10.2 Å². The second-order valence-corrected chi connectivity index (χ2v) is 6.50. The molecule has 1 heterocycles. The Balaban J connectivity index is 1.82. The van der Waals surface area contributed by atoms with Gasteiger partial charge in [-0.3, -0.25) is 9.69 Å². The molecule has 2 rings (SSSR count). The Labute approximate surface area is 140 Å². The lowest BCUT2D eigenvalue weighted by Gasteiger charge is -2.32. The summed E-state index contributed by atoms with van der Waals surface area (Å²) in [4.78, 5) is 13.8. The first-order valence-corrected chi connectivity index (χ1v) is 8.17. The second-order valence-electron chi connectivity index (χ2n) is 6.50. The number of hydrogen-bond donors (Lipinski definition) is 2. The van der Waals surface area contributed by atoms with Gasteiger partial charge in [0, 0.05) is 38.1 Å². The highest BCUT2D eigenvalue weighted by atomic mass is 19.4. The standard InChI is InChI=1S/C17H24F3N3O/c1-12(21)9-16(24)22-15-5-7-23(8-6-15)11-13-3-2-4-14(10-13)17(18,19)20/h2-4,10,12,15H,5-9,11,21H2,1H3,(H,22,24). The van der Waals surface area contributed by atoms with Gasteiger partial charge in [-0.15, -0.1) is 0 Å². The van der Waals surface area contributed by atoms with Gasteiger partial charge in [0.2, 0.25) is 5.91 Å². The minimum atomic E-state index is -4.31. The van der Waals surface area contributed by atoms with Crippen molar-refractivity contribution in [3.63, 3.8) is 0 Å². The highest BCUT2D eigenvalue weighted by molar-refractivity contribution is 5.76. The second kappa shape index (κ2) is 7.98. The first-order chi connectivity index (χ1) is 11.2. The van der Waals surface area contributed by atoms with E-state index in [1.807, 2.05) is 0 Å². The molecule has 0 aromatic heterocycles. The molecule has 1 aliphatic rings. The number of rotatable bonds is 5. The van der Waals surface area contributed by atoms with Crippen LogP contribution >= 0.6 is 0 Å². The molecule has 0 radical (unpaired) electrons. The Hall–Kier alpha value is -1.60. The minimum absolute atomic E-state index is 0.0404. The van der Waals surface area contributed by atoms with Crippen LogP contribution in [0.4, 0.5) is 13.2 Å². The van der Waals surface area contributed by atoms with Crippen LogP contribution in [-0.2, 0) is 17.5 Å². The molecule has 1 fully saturated rings. The van der Waals surface area contributed by atoms with Crippen LogP contribution in [0.15, 0.2) is 24.3 Å². The predicted octanol–water partition coefficient (Wildman–Crippen LogP) is 2.52. The highest BCUT2D eigenvalue weighted by Gasteiger charge is 2.30. The van der Waals surface area contributed by atoms with Gasteiger partial charge in [0.15, 0.2) is 0 Å². The molecule has 134 valence electrons. The molecule has 1 amide bonds. The molecular weight excluding hydrogens is 319 g/mol. The number of halogens is 3. The first-order valence-electron chi connectivity index (χ1n) is 8.17. The number of alkyl halides is 3. The summed E-state index contributed by atoms with van der Waals surface area (Å²) in [5.41, 5.74) is 5.64. The molecule has 0 bridgehead atoms. The van der Waals surface area contributed by atoms with Crippen LogP contribution in [-0.4, -0.2) is 36.0 Å². The average Bonchev–Trinajstić information content (AvgIpc) is 2.48. The van der Waals surface area contributed by atoms with Crippen molar-refractivity contribution in [1.82, 2.24) is 10.2 Å². The van der Waals surface area contributed by atoms with E-state index < -0.39 is 11.7 Å². The zero-order chi connectivity index (χ0) is 17.7. The fraction of sp³-hybridized carbons (Fsp3) is 0.588. The van der Waals surface area contributed by atoms with E-state index in [0.29, 0.717) is 18.5 Å². The van der Waals surface area contributed by atoms with Crippen LogP contribution in [0.3, 0.4) is 0 Å². The van der Waals surface area contributed by atoms with Crippen LogP contribution in [0.5, 0.6) is 0 Å². The number of hydrogen-bond acceptors (Lipinski definition) is 3. The Morgan fingerprint density at radius 1 is 1.38 bits per heavy atom. The number of carbonyl (C=O) groups excluding carboxylic acids is 1. The normalized spacial score (nSPS) is 18.4. The van der Waals surface area contributed by atoms with Crippen molar-refractivity contribution in [2.24, 2.45) is 5.73 Å². The Bertz CT molecular complexity index is 552. The van der Waals surface area contributed by atoms with Crippen molar-refractivity contribution >= 4 is 5.91 Å². The molecule has 0 aliphatic carbocycles. The van der Waals surface area contributed by atoms with Crippen LogP contribution in [0.25, 0.3) is 0 Å². The van der Waals surface area contributed by atoms with Gasteiger partial charge in [0.25, 0.3) is 0 Å². The van der Waals surface area contributed by atoms with Gasteiger partial charge in [-0.05, 0) is 31.4 Å². The molecule has 1 aliphatic heterocycles. The largest absolute Gasteiger partial charge is 0.416 e. The molecule has 0 saturated carbocycles. The molecule has 7 heteroatoms. The van der Waals surface area contributed by atoms with Gasteiger partial charge >= 0.3 is 6.18 Å². The van der Waals surface area contributed by atoms with Crippen molar-refractivity contribution in [2.45, 2.75) is 51.0 Å². The minimum Gasteiger partial charge on any atom is -0.353 e. The summed E-state index contributed by atoms with van der Waals surface area (Å²) in [7, 11) is 0. The summed E-state index contributed by atoms with van der Waals surface area (Å²) >= 11 is 0. The zero-order valence-corrected chi connectivity index (χ0v) is 13.8. The van der Waals surface area contributed by atoms with E-state index in [4.69, 9.17) is 5.73 Å². The molecule has 1 unspecified atom stereocenters. The number of nitrogens with one attached hydrogen (secondary N) is 1. The van der Waals surface area contributed by atoms with Crippen molar-refractivity contribution < 1.29 is 18.0 Å². The molecule has 1 atom stereocenters. The van der Waals surface area contributed by atoms with E-state index in [1.165, 1.54) is 12.1 Å². The van der Waals surface area contributed by atoms with Crippen LogP contribution < -0.4 is 11.1 Å². The van der Waals surface area contributed by atoms with E-state index in [-0.39, 0.29) is 18.0 Å².